The molecule has 0 aliphatic heterocycles. The molecule has 0 aliphatic rings. The maximum absolute atomic E-state index is 2.51. The van der Waals surface area contributed by atoms with Crippen LogP contribution >= 0.6 is 0 Å². The van der Waals surface area contributed by atoms with Crippen LogP contribution in [0.3, 0.4) is 0 Å². The first kappa shape index (κ1) is 23.9. The molecule has 0 fully saturated rings. The summed E-state index contributed by atoms with van der Waals surface area (Å²) in [4.78, 5) is 0. The lowest BCUT2D eigenvalue weighted by molar-refractivity contribution is 0.590. The number of aryl methyl sites for hydroxylation is 2. The molecule has 0 atom stereocenters. The van der Waals surface area contributed by atoms with E-state index in [1.807, 2.05) is 0 Å². The van der Waals surface area contributed by atoms with Gasteiger partial charge >= 0.3 is 0 Å². The van der Waals surface area contributed by atoms with Crippen LogP contribution < -0.4 is 0 Å². The molecule has 0 aliphatic carbocycles. The van der Waals surface area contributed by atoms with Crippen molar-refractivity contribution in [2.24, 2.45) is 7.05 Å². The zero-order valence-corrected chi connectivity index (χ0v) is 23.5. The molecule has 188 valence electrons. The molecule has 6 aromatic rings. The van der Waals surface area contributed by atoms with E-state index in [0.717, 1.165) is 6.54 Å². The normalized spacial score (nSPS) is 13.0. The van der Waals surface area contributed by atoms with E-state index in [1.54, 1.807) is 0 Å². The fourth-order valence-corrected chi connectivity index (χ4v) is 5.87. The molecule has 0 bridgehead atoms. The molecule has 2 heteroatoms. The number of rotatable bonds is 2. The van der Waals surface area contributed by atoms with Crippen molar-refractivity contribution in [2.45, 2.75) is 65.8 Å². The Labute approximate surface area is 220 Å². The van der Waals surface area contributed by atoms with Gasteiger partial charge in [-0.1, -0.05) is 71.4 Å². The average molecular weight is 487 g/mol. The van der Waals surface area contributed by atoms with Gasteiger partial charge in [0.25, 0.3) is 0 Å². The second-order valence-electron chi connectivity index (χ2n) is 13.0. The molecular formula is C35H38N2. The van der Waals surface area contributed by atoms with Crippen LogP contribution in [0.4, 0.5) is 0 Å². The Morgan fingerprint density at radius 3 is 1.54 bits per heavy atom. The fraction of sp³-hybridized carbons (Fsp3) is 0.314. The first-order valence-corrected chi connectivity index (χ1v) is 13.5. The second kappa shape index (κ2) is 7.99. The molecule has 0 spiro atoms. The van der Waals surface area contributed by atoms with Crippen LogP contribution in [0.25, 0.3) is 43.6 Å². The standard InChI is InChI=1S/C35H38N2/c1-22-9-13-30-26(17-22)27-18-23(10-14-31(27)36(30)8)21-37-32-15-11-24(34(2,3)4)19-28(32)29-20-25(35(5,6)7)12-16-33(29)37/h9-20H,21H2,1-8H3. The molecule has 2 nitrogen and oxygen atoms in total. The molecular weight excluding hydrogens is 448 g/mol. The average Bonchev–Trinajstić information content (AvgIpc) is 3.29. The molecule has 0 amide bonds. The summed E-state index contributed by atoms with van der Waals surface area (Å²) in [5.74, 6) is 0. The van der Waals surface area contributed by atoms with E-state index in [9.17, 15) is 0 Å². The van der Waals surface area contributed by atoms with E-state index in [4.69, 9.17) is 0 Å². The van der Waals surface area contributed by atoms with Crippen molar-refractivity contribution in [3.8, 4) is 0 Å². The Hall–Kier alpha value is -3.52. The van der Waals surface area contributed by atoms with E-state index in [1.165, 1.54) is 65.9 Å². The van der Waals surface area contributed by atoms with Crippen LogP contribution in [0, 0.1) is 6.92 Å². The third kappa shape index (κ3) is 3.85. The third-order valence-electron chi connectivity index (χ3n) is 8.16. The minimum atomic E-state index is 0.113. The largest absolute Gasteiger partial charge is 0.344 e. The number of hydrogen-bond acceptors (Lipinski definition) is 0. The summed E-state index contributed by atoms with van der Waals surface area (Å²) in [5, 5.41) is 5.39. The van der Waals surface area contributed by atoms with Gasteiger partial charge in [-0.05, 0) is 83.0 Å². The lowest BCUT2D eigenvalue weighted by Crippen LogP contribution is -2.10. The summed E-state index contributed by atoms with van der Waals surface area (Å²) in [6.07, 6.45) is 0. The smallest absolute Gasteiger partial charge is 0.0494 e. The molecule has 4 aromatic carbocycles. The van der Waals surface area contributed by atoms with Crippen LogP contribution in [0.2, 0.25) is 0 Å². The van der Waals surface area contributed by atoms with Gasteiger partial charge in [-0.25, -0.2) is 0 Å². The maximum atomic E-state index is 2.51. The van der Waals surface area contributed by atoms with Gasteiger partial charge in [0.2, 0.25) is 0 Å². The summed E-state index contributed by atoms with van der Waals surface area (Å²) in [6.45, 7) is 16.8. The van der Waals surface area contributed by atoms with Crippen LogP contribution in [-0.4, -0.2) is 9.13 Å². The van der Waals surface area contributed by atoms with Gasteiger partial charge in [0.05, 0.1) is 0 Å². The van der Waals surface area contributed by atoms with Crippen LogP contribution in [0.15, 0.2) is 72.8 Å². The Bertz CT molecular complexity index is 1760. The lowest BCUT2D eigenvalue weighted by atomic mass is 9.85. The molecule has 0 saturated heterocycles. The zero-order chi connectivity index (χ0) is 26.3. The molecule has 0 saturated carbocycles. The number of benzene rings is 4. The molecule has 37 heavy (non-hydrogen) atoms. The van der Waals surface area contributed by atoms with Crippen LogP contribution in [-0.2, 0) is 24.4 Å². The molecule has 2 aromatic heterocycles. The van der Waals surface area contributed by atoms with Gasteiger partial charge in [-0.2, -0.15) is 0 Å². The first-order valence-electron chi connectivity index (χ1n) is 13.5. The maximum Gasteiger partial charge on any atom is 0.0494 e. The Morgan fingerprint density at radius 2 is 1.00 bits per heavy atom. The fourth-order valence-electron chi connectivity index (χ4n) is 5.87. The number of aromatic nitrogens is 2. The minimum absolute atomic E-state index is 0.113. The summed E-state index contributed by atoms with van der Waals surface area (Å²) in [5.41, 5.74) is 10.8. The van der Waals surface area contributed by atoms with Crippen molar-refractivity contribution >= 4 is 43.6 Å². The number of fused-ring (bicyclic) bond motifs is 6. The van der Waals surface area contributed by atoms with Crippen molar-refractivity contribution in [1.29, 1.82) is 0 Å². The summed E-state index contributed by atoms with van der Waals surface area (Å²) >= 11 is 0. The molecule has 0 N–H and O–H groups in total. The van der Waals surface area contributed by atoms with Crippen molar-refractivity contribution in [2.75, 3.05) is 0 Å². The molecule has 0 radical (unpaired) electrons. The van der Waals surface area contributed by atoms with Crippen molar-refractivity contribution in [3.05, 3.63) is 95.1 Å². The first-order chi connectivity index (χ1) is 17.4. The van der Waals surface area contributed by atoms with Gasteiger partial charge in [0, 0.05) is 57.2 Å². The Morgan fingerprint density at radius 1 is 0.541 bits per heavy atom. The highest BCUT2D eigenvalue weighted by molar-refractivity contribution is 6.10. The molecule has 6 rings (SSSR count). The highest BCUT2D eigenvalue weighted by Crippen LogP contribution is 2.37. The summed E-state index contributed by atoms with van der Waals surface area (Å²) < 4.78 is 4.83. The van der Waals surface area contributed by atoms with E-state index in [0.29, 0.717) is 0 Å². The monoisotopic (exact) mass is 486 g/mol. The lowest BCUT2D eigenvalue weighted by Gasteiger charge is -2.19. The van der Waals surface area contributed by atoms with Crippen molar-refractivity contribution in [3.63, 3.8) is 0 Å². The quantitative estimate of drug-likeness (QED) is 0.231. The highest BCUT2D eigenvalue weighted by Gasteiger charge is 2.20. The molecule has 2 heterocycles. The zero-order valence-electron chi connectivity index (χ0n) is 23.5. The predicted octanol–water partition coefficient (Wildman–Crippen LogP) is 9.39. The van der Waals surface area contributed by atoms with E-state index < -0.39 is 0 Å². The predicted molar refractivity (Wildman–Crippen MR) is 161 cm³/mol. The van der Waals surface area contributed by atoms with E-state index >= 15 is 0 Å². The van der Waals surface area contributed by atoms with Crippen molar-refractivity contribution in [1.82, 2.24) is 9.13 Å². The van der Waals surface area contributed by atoms with E-state index in [2.05, 4.69) is 137 Å². The van der Waals surface area contributed by atoms with Gasteiger partial charge in [0.1, 0.15) is 0 Å². The molecule has 0 unspecified atom stereocenters. The summed E-state index contributed by atoms with van der Waals surface area (Å²) in [6, 6.07) is 28.0. The van der Waals surface area contributed by atoms with Gasteiger partial charge in [0.15, 0.2) is 0 Å². The SMILES string of the molecule is Cc1ccc2c(c1)c1cc(Cn3c4ccc(C(C)(C)C)cc4c4cc(C(C)(C)C)ccc43)ccc1n2C. The van der Waals surface area contributed by atoms with Gasteiger partial charge < -0.3 is 9.13 Å². The van der Waals surface area contributed by atoms with E-state index in [-0.39, 0.29) is 10.8 Å². The second-order valence-corrected chi connectivity index (χ2v) is 13.0. The van der Waals surface area contributed by atoms with Crippen molar-refractivity contribution < 1.29 is 0 Å². The van der Waals surface area contributed by atoms with Crippen LogP contribution in [0.5, 0.6) is 0 Å². The number of nitrogens with zero attached hydrogens (tertiary/aromatic N) is 2. The Kier molecular flexibility index (Phi) is 5.15. The number of hydrogen-bond donors (Lipinski definition) is 0. The van der Waals surface area contributed by atoms with Crippen LogP contribution in [0.1, 0.15) is 63.8 Å². The third-order valence-corrected chi connectivity index (χ3v) is 8.16. The minimum Gasteiger partial charge on any atom is -0.344 e. The summed E-state index contributed by atoms with van der Waals surface area (Å²) in [7, 11) is 2.17. The van der Waals surface area contributed by atoms with Gasteiger partial charge in [-0.15, -0.1) is 0 Å². The Balaban J connectivity index is 1.57. The topological polar surface area (TPSA) is 9.86 Å². The van der Waals surface area contributed by atoms with Gasteiger partial charge in [-0.3, -0.25) is 0 Å². The highest BCUT2D eigenvalue weighted by atomic mass is 15.0.